The molecule has 0 saturated carbocycles. The molecule has 124 valence electrons. The summed E-state index contributed by atoms with van der Waals surface area (Å²) in [4.78, 5) is 25.0. The topological polar surface area (TPSA) is 71.3 Å². The van der Waals surface area contributed by atoms with E-state index in [1.54, 1.807) is 17.4 Å². The van der Waals surface area contributed by atoms with Crippen molar-refractivity contribution < 1.29 is 9.21 Å². The number of fused-ring (bicyclic) bond motifs is 2. The molecule has 0 atom stereocenters. The van der Waals surface area contributed by atoms with E-state index in [9.17, 15) is 4.79 Å². The summed E-state index contributed by atoms with van der Waals surface area (Å²) >= 11 is 1.54. The molecule has 0 aliphatic carbocycles. The summed E-state index contributed by atoms with van der Waals surface area (Å²) in [5.74, 6) is -0.0319. The zero-order valence-electron chi connectivity index (χ0n) is 13.6. The zero-order chi connectivity index (χ0) is 16.7. The van der Waals surface area contributed by atoms with Gasteiger partial charge in [0.15, 0.2) is 16.5 Å². The van der Waals surface area contributed by atoms with Gasteiger partial charge in [0.05, 0.1) is 5.69 Å². The molecule has 1 aliphatic heterocycles. The quantitative estimate of drug-likeness (QED) is 0.791. The molecular formula is C17H18N4O2S. The minimum atomic E-state index is -0.288. The lowest BCUT2D eigenvalue weighted by atomic mass is 10.2. The number of aryl methyl sites for hydroxylation is 1. The number of amides is 1. The normalized spacial score (nSPS) is 14.8. The lowest BCUT2D eigenvalue weighted by molar-refractivity contribution is 0.0998. The van der Waals surface area contributed by atoms with Crippen LogP contribution in [0.25, 0.3) is 11.1 Å². The van der Waals surface area contributed by atoms with Crippen LogP contribution in [-0.4, -0.2) is 33.9 Å². The smallest absolute Gasteiger partial charge is 0.293 e. The molecular weight excluding hydrogens is 324 g/mol. The Balaban J connectivity index is 1.54. The van der Waals surface area contributed by atoms with Gasteiger partial charge in [-0.15, -0.1) is 11.3 Å². The summed E-state index contributed by atoms with van der Waals surface area (Å²) in [6, 6.07) is 5.36. The average Bonchev–Trinajstić information content (AvgIpc) is 3.16. The van der Waals surface area contributed by atoms with Crippen molar-refractivity contribution in [3.05, 3.63) is 40.2 Å². The number of nitrogens with zero attached hydrogens (tertiary/aromatic N) is 3. The predicted molar refractivity (Wildman–Crippen MR) is 93.5 cm³/mol. The third-order valence-electron chi connectivity index (χ3n) is 4.21. The molecule has 0 spiro atoms. The highest BCUT2D eigenvalue weighted by molar-refractivity contribution is 7.15. The fourth-order valence-electron chi connectivity index (χ4n) is 2.87. The highest BCUT2D eigenvalue weighted by atomic mass is 32.1. The monoisotopic (exact) mass is 342 g/mol. The van der Waals surface area contributed by atoms with E-state index >= 15 is 0 Å². The first-order valence-corrected chi connectivity index (χ1v) is 8.83. The number of hydrogen-bond donors (Lipinski definition) is 1. The van der Waals surface area contributed by atoms with E-state index in [0.29, 0.717) is 16.2 Å². The summed E-state index contributed by atoms with van der Waals surface area (Å²) < 4.78 is 5.59. The highest BCUT2D eigenvalue weighted by Gasteiger charge is 2.21. The third kappa shape index (κ3) is 2.81. The molecule has 7 heteroatoms. The fourth-order valence-corrected chi connectivity index (χ4v) is 3.91. The summed E-state index contributed by atoms with van der Waals surface area (Å²) in [6.45, 7) is 7.03. The van der Waals surface area contributed by atoms with Gasteiger partial charge in [-0.05, 0) is 25.6 Å². The number of nitrogens with one attached hydrogen (secondary N) is 1. The van der Waals surface area contributed by atoms with Crippen LogP contribution in [0.15, 0.2) is 22.6 Å². The largest absolute Gasteiger partial charge is 0.449 e. The van der Waals surface area contributed by atoms with Gasteiger partial charge in [-0.2, -0.15) is 0 Å². The van der Waals surface area contributed by atoms with E-state index in [1.807, 2.05) is 19.1 Å². The maximum Gasteiger partial charge on any atom is 0.293 e. The molecule has 0 unspecified atom stereocenters. The first-order chi connectivity index (χ1) is 11.6. The fraction of sp³-hybridized carbons (Fsp3) is 0.353. The van der Waals surface area contributed by atoms with Crippen LogP contribution in [0.1, 0.15) is 33.7 Å². The summed E-state index contributed by atoms with van der Waals surface area (Å²) in [5, 5.41) is 3.48. The maximum atomic E-state index is 12.4. The molecule has 3 aromatic rings. The second-order valence-corrected chi connectivity index (χ2v) is 6.99. The molecule has 0 radical (unpaired) electrons. The number of hydrogen-bond acceptors (Lipinski definition) is 6. The van der Waals surface area contributed by atoms with Crippen molar-refractivity contribution in [2.75, 3.05) is 18.4 Å². The molecule has 4 rings (SSSR count). The number of rotatable bonds is 3. The number of thiazole rings is 1. The molecule has 3 aromatic heterocycles. The third-order valence-corrected chi connectivity index (χ3v) is 5.21. The maximum absolute atomic E-state index is 12.4. The standard InChI is InChI=1S/C17H18N4O2S/c1-3-21-7-6-11-15(9-21)24-17(19-11)20-16(22)14-8-12-13(23-14)5-4-10(2)18-12/h4-5,8H,3,6-7,9H2,1-2H3,(H,19,20,22). The van der Waals surface area contributed by atoms with Crippen LogP contribution in [0.5, 0.6) is 0 Å². The van der Waals surface area contributed by atoms with Gasteiger partial charge in [-0.25, -0.2) is 9.97 Å². The molecule has 0 bridgehead atoms. The molecule has 1 aliphatic rings. The van der Waals surface area contributed by atoms with Crippen LogP contribution >= 0.6 is 11.3 Å². The van der Waals surface area contributed by atoms with Crippen molar-refractivity contribution >= 4 is 33.5 Å². The summed E-state index contributed by atoms with van der Waals surface area (Å²) in [6.07, 6.45) is 0.934. The molecule has 1 N–H and O–H groups in total. The number of anilines is 1. The lowest BCUT2D eigenvalue weighted by Crippen LogP contribution is -2.29. The van der Waals surface area contributed by atoms with Gasteiger partial charge in [-0.1, -0.05) is 6.92 Å². The molecule has 4 heterocycles. The molecule has 1 amide bonds. The first-order valence-electron chi connectivity index (χ1n) is 8.02. The molecule has 24 heavy (non-hydrogen) atoms. The number of carbonyl (C=O) groups is 1. The van der Waals surface area contributed by atoms with Crippen molar-refractivity contribution in [1.82, 2.24) is 14.9 Å². The zero-order valence-corrected chi connectivity index (χ0v) is 14.4. The Hall–Kier alpha value is -2.25. The van der Waals surface area contributed by atoms with Crippen LogP contribution in [-0.2, 0) is 13.0 Å². The Morgan fingerprint density at radius 3 is 3.12 bits per heavy atom. The van der Waals surface area contributed by atoms with Gasteiger partial charge < -0.3 is 4.42 Å². The summed E-state index contributed by atoms with van der Waals surface area (Å²) in [5.41, 5.74) is 3.30. The Morgan fingerprint density at radius 1 is 1.42 bits per heavy atom. The SMILES string of the molecule is CCN1CCc2nc(NC(=O)c3cc4nc(C)ccc4o3)sc2C1. The van der Waals surface area contributed by atoms with Crippen LogP contribution in [0.2, 0.25) is 0 Å². The number of aromatic nitrogens is 2. The second kappa shape index (κ2) is 5.99. The van der Waals surface area contributed by atoms with Crippen LogP contribution < -0.4 is 5.32 Å². The molecule has 0 fully saturated rings. The van der Waals surface area contributed by atoms with Gasteiger partial charge in [-0.3, -0.25) is 15.0 Å². The predicted octanol–water partition coefficient (Wildman–Crippen LogP) is 3.22. The second-order valence-electron chi connectivity index (χ2n) is 5.91. The Labute approximate surface area is 143 Å². The van der Waals surface area contributed by atoms with Gasteiger partial charge in [0.1, 0.15) is 5.52 Å². The summed E-state index contributed by atoms with van der Waals surface area (Å²) in [7, 11) is 0. The van der Waals surface area contributed by atoms with Crippen LogP contribution in [0.3, 0.4) is 0 Å². The average molecular weight is 342 g/mol. The first kappa shape index (κ1) is 15.3. The van der Waals surface area contributed by atoms with E-state index in [4.69, 9.17) is 4.42 Å². The van der Waals surface area contributed by atoms with Gasteiger partial charge in [0.2, 0.25) is 0 Å². The number of furan rings is 1. The highest BCUT2D eigenvalue weighted by Crippen LogP contribution is 2.29. The van der Waals surface area contributed by atoms with Crippen molar-refractivity contribution in [3.63, 3.8) is 0 Å². The number of likely N-dealkylation sites (N-methyl/N-ethyl adjacent to an activating group) is 1. The van der Waals surface area contributed by atoms with Gasteiger partial charge in [0, 0.05) is 36.1 Å². The van der Waals surface area contributed by atoms with E-state index in [0.717, 1.165) is 37.4 Å². The molecule has 0 aromatic carbocycles. The number of carbonyl (C=O) groups excluding carboxylic acids is 1. The van der Waals surface area contributed by atoms with E-state index in [1.165, 1.54) is 4.88 Å². The molecule has 0 saturated heterocycles. The van der Waals surface area contributed by atoms with Gasteiger partial charge >= 0.3 is 0 Å². The minimum Gasteiger partial charge on any atom is -0.449 e. The lowest BCUT2D eigenvalue weighted by Gasteiger charge is -2.23. The molecule has 6 nitrogen and oxygen atoms in total. The van der Waals surface area contributed by atoms with E-state index in [2.05, 4.69) is 27.1 Å². The van der Waals surface area contributed by atoms with Crippen LogP contribution in [0, 0.1) is 6.92 Å². The van der Waals surface area contributed by atoms with Crippen molar-refractivity contribution in [3.8, 4) is 0 Å². The Bertz CT molecular complexity index is 915. The van der Waals surface area contributed by atoms with E-state index in [-0.39, 0.29) is 11.7 Å². The van der Waals surface area contributed by atoms with Crippen molar-refractivity contribution in [1.29, 1.82) is 0 Å². The van der Waals surface area contributed by atoms with Crippen LogP contribution in [0.4, 0.5) is 5.13 Å². The van der Waals surface area contributed by atoms with Crippen molar-refractivity contribution in [2.24, 2.45) is 0 Å². The van der Waals surface area contributed by atoms with E-state index < -0.39 is 0 Å². The van der Waals surface area contributed by atoms with Crippen molar-refractivity contribution in [2.45, 2.75) is 26.8 Å². The minimum absolute atomic E-state index is 0.256. The Morgan fingerprint density at radius 2 is 2.29 bits per heavy atom. The Kier molecular flexibility index (Phi) is 3.82. The number of pyridine rings is 1. The van der Waals surface area contributed by atoms with Gasteiger partial charge in [0.25, 0.3) is 5.91 Å².